The molecule has 142 valence electrons. The Kier molecular flexibility index (Phi) is 5.97. The number of carbonyl (C=O) groups excluding carboxylic acids is 2. The highest BCUT2D eigenvalue weighted by atomic mass is 16.2. The Bertz CT molecular complexity index is 625. The van der Waals surface area contributed by atoms with Gasteiger partial charge in [0.15, 0.2) is 5.78 Å². The lowest BCUT2D eigenvalue weighted by Gasteiger charge is -2.41. The Labute approximate surface area is 156 Å². The summed E-state index contributed by atoms with van der Waals surface area (Å²) in [6.07, 6.45) is 3.48. The fourth-order valence-electron chi connectivity index (χ4n) is 4.26. The van der Waals surface area contributed by atoms with Gasteiger partial charge in [-0.05, 0) is 64.3 Å². The van der Waals surface area contributed by atoms with E-state index in [1.54, 1.807) is 6.92 Å². The minimum absolute atomic E-state index is 0.0982. The highest BCUT2D eigenvalue weighted by molar-refractivity contribution is 5.94. The summed E-state index contributed by atoms with van der Waals surface area (Å²) >= 11 is 0. The highest BCUT2D eigenvalue weighted by Crippen LogP contribution is 2.23. The summed E-state index contributed by atoms with van der Waals surface area (Å²) < 4.78 is 0. The minimum Gasteiger partial charge on any atom is -0.369 e. The standard InChI is InChI=1S/C21H31N3O2/c1-16-5-4-6-17(2)24(16)21(26)15-22-11-13-23(14-12-22)20-9-7-19(8-10-20)18(3)25/h7-10,16-17H,4-6,11-15H2,1-3H3/t16-,17-/m0/s1. The molecule has 2 aliphatic rings. The van der Waals surface area contributed by atoms with Crippen molar-refractivity contribution in [1.29, 1.82) is 0 Å². The summed E-state index contributed by atoms with van der Waals surface area (Å²) in [5.41, 5.74) is 1.90. The molecule has 1 aromatic rings. The van der Waals surface area contributed by atoms with E-state index in [1.807, 2.05) is 24.3 Å². The van der Waals surface area contributed by atoms with Crippen molar-refractivity contribution in [3.8, 4) is 0 Å². The van der Waals surface area contributed by atoms with E-state index in [1.165, 1.54) is 6.42 Å². The number of rotatable bonds is 4. The zero-order chi connectivity index (χ0) is 18.7. The lowest BCUT2D eigenvalue weighted by molar-refractivity contribution is -0.138. The van der Waals surface area contributed by atoms with Crippen molar-refractivity contribution in [1.82, 2.24) is 9.80 Å². The van der Waals surface area contributed by atoms with Gasteiger partial charge in [0.25, 0.3) is 0 Å². The van der Waals surface area contributed by atoms with Gasteiger partial charge in [-0.15, -0.1) is 0 Å². The summed E-state index contributed by atoms with van der Waals surface area (Å²) in [5.74, 6) is 0.380. The molecule has 0 spiro atoms. The zero-order valence-electron chi connectivity index (χ0n) is 16.3. The Balaban J connectivity index is 1.52. The maximum absolute atomic E-state index is 12.8. The molecule has 2 fully saturated rings. The summed E-state index contributed by atoms with van der Waals surface area (Å²) in [4.78, 5) is 30.9. The van der Waals surface area contributed by atoms with E-state index in [4.69, 9.17) is 0 Å². The molecule has 2 aliphatic heterocycles. The fraction of sp³-hybridized carbons (Fsp3) is 0.619. The molecule has 0 unspecified atom stereocenters. The molecule has 3 rings (SSSR count). The predicted octanol–water partition coefficient (Wildman–Crippen LogP) is 2.80. The van der Waals surface area contributed by atoms with E-state index < -0.39 is 0 Å². The first-order valence-corrected chi connectivity index (χ1v) is 9.85. The van der Waals surface area contributed by atoms with Crippen molar-refractivity contribution in [2.45, 2.75) is 52.1 Å². The van der Waals surface area contributed by atoms with Crippen LogP contribution in [0.15, 0.2) is 24.3 Å². The average molecular weight is 357 g/mol. The van der Waals surface area contributed by atoms with Gasteiger partial charge in [-0.2, -0.15) is 0 Å². The van der Waals surface area contributed by atoms with Gasteiger partial charge >= 0.3 is 0 Å². The van der Waals surface area contributed by atoms with Crippen LogP contribution in [0.25, 0.3) is 0 Å². The molecular formula is C21H31N3O2. The summed E-state index contributed by atoms with van der Waals surface area (Å²) in [5, 5.41) is 0. The number of hydrogen-bond acceptors (Lipinski definition) is 4. The van der Waals surface area contributed by atoms with Gasteiger partial charge in [-0.3, -0.25) is 14.5 Å². The van der Waals surface area contributed by atoms with Gasteiger partial charge in [0.1, 0.15) is 0 Å². The summed E-state index contributed by atoms with van der Waals surface area (Å²) in [7, 11) is 0. The van der Waals surface area contributed by atoms with Crippen LogP contribution in [0.1, 0.15) is 50.4 Å². The molecule has 1 aromatic carbocycles. The van der Waals surface area contributed by atoms with Crippen LogP contribution in [0.3, 0.4) is 0 Å². The number of amides is 1. The third-order valence-electron chi connectivity index (χ3n) is 5.85. The molecule has 0 aliphatic carbocycles. The molecule has 0 saturated carbocycles. The van der Waals surface area contributed by atoms with Gasteiger partial charge in [0.05, 0.1) is 6.54 Å². The third-order valence-corrected chi connectivity index (χ3v) is 5.85. The number of nitrogens with zero attached hydrogens (tertiary/aromatic N) is 3. The molecule has 0 bridgehead atoms. The number of carbonyl (C=O) groups is 2. The largest absolute Gasteiger partial charge is 0.369 e. The van der Waals surface area contributed by atoms with E-state index in [0.717, 1.165) is 50.3 Å². The van der Waals surface area contributed by atoms with Gasteiger partial charge in [-0.1, -0.05) is 0 Å². The van der Waals surface area contributed by atoms with Crippen LogP contribution in [0.4, 0.5) is 5.69 Å². The van der Waals surface area contributed by atoms with Crippen LogP contribution in [-0.4, -0.2) is 66.3 Å². The molecule has 2 saturated heterocycles. The van der Waals surface area contributed by atoms with E-state index in [0.29, 0.717) is 18.6 Å². The topological polar surface area (TPSA) is 43.9 Å². The van der Waals surface area contributed by atoms with Crippen molar-refractivity contribution >= 4 is 17.4 Å². The quantitative estimate of drug-likeness (QED) is 0.777. The molecule has 0 radical (unpaired) electrons. The van der Waals surface area contributed by atoms with Crippen molar-refractivity contribution < 1.29 is 9.59 Å². The monoisotopic (exact) mass is 357 g/mol. The van der Waals surface area contributed by atoms with E-state index in [-0.39, 0.29) is 11.7 Å². The van der Waals surface area contributed by atoms with E-state index in [9.17, 15) is 9.59 Å². The van der Waals surface area contributed by atoms with Crippen LogP contribution in [0.5, 0.6) is 0 Å². The van der Waals surface area contributed by atoms with E-state index >= 15 is 0 Å². The SMILES string of the molecule is CC(=O)c1ccc(N2CCN(CC(=O)N3[C@@H](C)CCC[C@@H]3C)CC2)cc1. The second-order valence-electron chi connectivity index (χ2n) is 7.80. The summed E-state index contributed by atoms with van der Waals surface area (Å²) in [6.45, 7) is 10.1. The maximum Gasteiger partial charge on any atom is 0.237 e. The second-order valence-corrected chi connectivity index (χ2v) is 7.80. The average Bonchev–Trinajstić information content (AvgIpc) is 2.62. The molecule has 0 aromatic heterocycles. The lowest BCUT2D eigenvalue weighted by atomic mass is 9.97. The molecule has 2 atom stereocenters. The molecule has 0 N–H and O–H groups in total. The minimum atomic E-state index is 0.0982. The highest BCUT2D eigenvalue weighted by Gasteiger charge is 2.30. The normalized spacial score (nSPS) is 24.6. The second kappa shape index (κ2) is 8.21. The number of Topliss-reactive ketones (excluding diaryl/α,β-unsaturated/α-hetero) is 1. The Morgan fingerprint density at radius 3 is 2.08 bits per heavy atom. The third kappa shape index (κ3) is 4.26. The van der Waals surface area contributed by atoms with Gasteiger partial charge in [0.2, 0.25) is 5.91 Å². The number of hydrogen-bond donors (Lipinski definition) is 0. The molecular weight excluding hydrogens is 326 g/mol. The Morgan fingerprint density at radius 2 is 1.54 bits per heavy atom. The zero-order valence-corrected chi connectivity index (χ0v) is 16.3. The van der Waals surface area contributed by atoms with Gasteiger partial charge in [0, 0.05) is 49.5 Å². The Morgan fingerprint density at radius 1 is 0.962 bits per heavy atom. The van der Waals surface area contributed by atoms with Gasteiger partial charge < -0.3 is 9.80 Å². The van der Waals surface area contributed by atoms with Crippen LogP contribution in [0, 0.1) is 0 Å². The fourth-order valence-corrected chi connectivity index (χ4v) is 4.26. The number of piperazine rings is 1. The lowest BCUT2D eigenvalue weighted by Crippen LogP contribution is -2.54. The molecule has 2 heterocycles. The molecule has 5 heteroatoms. The summed E-state index contributed by atoms with van der Waals surface area (Å²) in [6, 6.07) is 8.57. The number of likely N-dealkylation sites (tertiary alicyclic amines) is 1. The van der Waals surface area contributed by atoms with Crippen molar-refractivity contribution in [2.75, 3.05) is 37.6 Å². The number of ketones is 1. The number of benzene rings is 1. The molecule has 5 nitrogen and oxygen atoms in total. The van der Waals surface area contributed by atoms with Crippen LogP contribution >= 0.6 is 0 Å². The molecule has 1 amide bonds. The van der Waals surface area contributed by atoms with Gasteiger partial charge in [-0.25, -0.2) is 0 Å². The van der Waals surface area contributed by atoms with E-state index in [2.05, 4.69) is 28.5 Å². The smallest absolute Gasteiger partial charge is 0.237 e. The first kappa shape index (κ1) is 18.9. The van der Waals surface area contributed by atoms with Crippen LogP contribution in [0.2, 0.25) is 0 Å². The number of piperidine rings is 1. The Hall–Kier alpha value is -1.88. The van der Waals surface area contributed by atoms with Crippen molar-refractivity contribution in [3.63, 3.8) is 0 Å². The number of anilines is 1. The molecule has 26 heavy (non-hydrogen) atoms. The van der Waals surface area contributed by atoms with Crippen LogP contribution < -0.4 is 4.90 Å². The maximum atomic E-state index is 12.8. The first-order chi connectivity index (χ1) is 12.5. The first-order valence-electron chi connectivity index (χ1n) is 9.85. The van der Waals surface area contributed by atoms with Crippen molar-refractivity contribution in [2.24, 2.45) is 0 Å². The van der Waals surface area contributed by atoms with Crippen LogP contribution in [-0.2, 0) is 4.79 Å². The predicted molar refractivity (Wildman–Crippen MR) is 105 cm³/mol. The van der Waals surface area contributed by atoms with Crippen molar-refractivity contribution in [3.05, 3.63) is 29.8 Å².